The van der Waals surface area contributed by atoms with Crippen molar-refractivity contribution in [3.8, 4) is 0 Å². The van der Waals surface area contributed by atoms with Crippen molar-refractivity contribution in [1.29, 1.82) is 0 Å². The number of carboxylic acid groups (broad SMARTS) is 1. The highest BCUT2D eigenvalue weighted by Crippen LogP contribution is 2.14. The fraction of sp³-hybridized carbons (Fsp3) is 0.947. The van der Waals surface area contributed by atoms with Gasteiger partial charge in [-0.2, -0.15) is 0 Å². The van der Waals surface area contributed by atoms with E-state index in [0.717, 1.165) is 25.7 Å². The number of aliphatic carboxylic acids is 1. The lowest BCUT2D eigenvalue weighted by Crippen LogP contribution is -2.18. The minimum Gasteiger partial charge on any atom is -0.479 e. The highest BCUT2D eigenvalue weighted by Gasteiger charge is 2.11. The number of hydrogen-bond donors (Lipinski definition) is 2. The summed E-state index contributed by atoms with van der Waals surface area (Å²) < 4.78 is 5.28. The highest BCUT2D eigenvalue weighted by molar-refractivity contribution is 5.71. The van der Waals surface area contributed by atoms with Gasteiger partial charge in [-0.05, 0) is 19.3 Å². The fourth-order valence-electron chi connectivity index (χ4n) is 5.38. The second-order valence-electron chi connectivity index (χ2n) is 12.8. The molecule has 0 fully saturated rings. The van der Waals surface area contributed by atoms with Gasteiger partial charge in [0.2, 0.25) is 0 Å². The first kappa shape index (κ1) is 44.0. The number of hydrogen-bond acceptors (Lipinski definition) is 4. The molecule has 1 unspecified atom stereocenters. The van der Waals surface area contributed by atoms with Crippen LogP contribution in [0.25, 0.3) is 0 Å². The number of esters is 1. The van der Waals surface area contributed by atoms with Gasteiger partial charge in [0.25, 0.3) is 0 Å². The van der Waals surface area contributed by atoms with Gasteiger partial charge in [0.05, 0.1) is 6.61 Å². The smallest absolute Gasteiger partial charge is 0.332 e. The van der Waals surface area contributed by atoms with E-state index in [0.29, 0.717) is 19.4 Å². The molecule has 0 aromatic carbocycles. The zero-order valence-electron chi connectivity index (χ0n) is 29.3. The van der Waals surface area contributed by atoms with Gasteiger partial charge in [-0.25, -0.2) is 4.79 Å². The quantitative estimate of drug-likeness (QED) is 0.0569. The third-order valence-corrected chi connectivity index (χ3v) is 8.36. The molecule has 2 N–H and O–H groups in total. The Balaban J connectivity index is 0. The summed E-state index contributed by atoms with van der Waals surface area (Å²) in [4.78, 5) is 22.0. The lowest BCUT2D eigenvalue weighted by Gasteiger charge is -2.05. The predicted molar refractivity (Wildman–Crippen MR) is 185 cm³/mol. The summed E-state index contributed by atoms with van der Waals surface area (Å²) >= 11 is 0. The maximum Gasteiger partial charge on any atom is 0.332 e. The molecule has 0 heterocycles. The molecule has 0 rings (SSSR count). The molecule has 1 atom stereocenters. The zero-order chi connectivity index (χ0) is 32.1. The summed E-state index contributed by atoms with van der Waals surface area (Å²) in [7, 11) is 0. The van der Waals surface area contributed by atoms with Crippen molar-refractivity contribution in [3.63, 3.8) is 0 Å². The van der Waals surface area contributed by atoms with Crippen molar-refractivity contribution in [2.75, 3.05) is 6.61 Å². The number of rotatable bonds is 33. The monoisotopic (exact) mass is 613 g/mol. The molecule has 5 heteroatoms. The molecule has 0 spiro atoms. The van der Waals surface area contributed by atoms with Crippen LogP contribution in [0.4, 0.5) is 0 Å². The first-order valence-corrected chi connectivity index (χ1v) is 19.1. The van der Waals surface area contributed by atoms with Gasteiger partial charge in [-0.1, -0.05) is 194 Å². The number of unbranched alkanes of at least 4 members (excludes halogenated alkanes) is 26. The topological polar surface area (TPSA) is 83.8 Å². The lowest BCUT2D eigenvalue weighted by atomic mass is 10.0. The normalized spacial score (nSPS) is 11.6. The number of aliphatic hydroxyl groups excluding tert-OH is 1. The molecule has 43 heavy (non-hydrogen) atoms. The van der Waals surface area contributed by atoms with Crippen LogP contribution in [0.1, 0.15) is 220 Å². The SMILES string of the molecule is CCCCCCCCCCCC(=O)OCCCCCCCC.CCCCCCCCCCCCCCCCC(O)C(=O)O. The van der Waals surface area contributed by atoms with Gasteiger partial charge in [0.1, 0.15) is 0 Å². The number of aliphatic hydroxyl groups is 1. The Hall–Kier alpha value is -1.10. The Kier molecular flexibility index (Phi) is 39.9. The number of carbonyl (C=O) groups excluding carboxylic acids is 1. The van der Waals surface area contributed by atoms with E-state index in [2.05, 4.69) is 20.8 Å². The van der Waals surface area contributed by atoms with E-state index >= 15 is 0 Å². The maximum absolute atomic E-state index is 11.6. The van der Waals surface area contributed by atoms with E-state index in [4.69, 9.17) is 14.9 Å². The van der Waals surface area contributed by atoms with E-state index in [-0.39, 0.29) is 5.97 Å². The standard InChI is InChI=1S/C20H40O2.C18H36O3/c1-3-5-7-9-11-12-13-14-16-18-20(21)22-19-17-15-10-8-6-4-2;1-2-3-4-5-6-7-8-9-10-11-12-13-14-15-16-17(19)18(20)21/h3-19H2,1-2H3;17,19H,2-16H2,1H3,(H,20,21). The van der Waals surface area contributed by atoms with Crippen LogP contribution >= 0.6 is 0 Å². The van der Waals surface area contributed by atoms with Crippen LogP contribution in [-0.2, 0) is 14.3 Å². The first-order valence-electron chi connectivity index (χ1n) is 19.1. The van der Waals surface area contributed by atoms with Gasteiger partial charge in [0, 0.05) is 6.42 Å². The third-order valence-electron chi connectivity index (χ3n) is 8.36. The second-order valence-corrected chi connectivity index (χ2v) is 12.8. The van der Waals surface area contributed by atoms with Gasteiger partial charge in [0.15, 0.2) is 6.10 Å². The van der Waals surface area contributed by atoms with E-state index in [1.165, 1.54) is 161 Å². The summed E-state index contributed by atoms with van der Waals surface area (Å²) in [6, 6.07) is 0. The van der Waals surface area contributed by atoms with Crippen LogP contribution in [-0.4, -0.2) is 34.9 Å². The van der Waals surface area contributed by atoms with E-state index < -0.39 is 12.1 Å². The Labute approximate surface area is 268 Å². The van der Waals surface area contributed by atoms with Gasteiger partial charge < -0.3 is 14.9 Å². The van der Waals surface area contributed by atoms with Gasteiger partial charge >= 0.3 is 11.9 Å². The van der Waals surface area contributed by atoms with Crippen LogP contribution in [0.2, 0.25) is 0 Å². The van der Waals surface area contributed by atoms with Crippen LogP contribution in [0.15, 0.2) is 0 Å². The Morgan fingerprint density at radius 1 is 0.465 bits per heavy atom. The number of carbonyl (C=O) groups is 2. The largest absolute Gasteiger partial charge is 0.479 e. The summed E-state index contributed by atoms with van der Waals surface area (Å²) in [6.45, 7) is 7.37. The summed E-state index contributed by atoms with van der Waals surface area (Å²) in [5.74, 6) is -1.08. The summed E-state index contributed by atoms with van der Waals surface area (Å²) in [5.41, 5.74) is 0. The van der Waals surface area contributed by atoms with E-state index in [1.54, 1.807) is 0 Å². The zero-order valence-corrected chi connectivity index (χ0v) is 29.3. The van der Waals surface area contributed by atoms with Crippen LogP contribution in [0, 0.1) is 0 Å². The molecule has 0 saturated heterocycles. The molecule has 258 valence electrons. The van der Waals surface area contributed by atoms with E-state index in [1.807, 2.05) is 0 Å². The lowest BCUT2D eigenvalue weighted by molar-refractivity contribution is -0.147. The predicted octanol–water partition coefficient (Wildman–Crippen LogP) is 12.1. The van der Waals surface area contributed by atoms with Crippen LogP contribution in [0.3, 0.4) is 0 Å². The molecule has 0 amide bonds. The minimum absolute atomic E-state index is 0.0107. The molecule has 0 aliphatic carbocycles. The maximum atomic E-state index is 11.6. The Morgan fingerprint density at radius 3 is 1.12 bits per heavy atom. The Bertz CT molecular complexity index is 550. The molecule has 0 aliphatic rings. The first-order chi connectivity index (χ1) is 21.0. The summed E-state index contributed by atoms with van der Waals surface area (Å²) in [5, 5.41) is 17.7. The van der Waals surface area contributed by atoms with Crippen LogP contribution < -0.4 is 0 Å². The van der Waals surface area contributed by atoms with Crippen molar-refractivity contribution in [1.82, 2.24) is 0 Å². The molecule has 0 aliphatic heterocycles. The highest BCUT2D eigenvalue weighted by atomic mass is 16.5. The van der Waals surface area contributed by atoms with Crippen molar-refractivity contribution in [2.24, 2.45) is 0 Å². The fourth-order valence-corrected chi connectivity index (χ4v) is 5.38. The summed E-state index contributed by atoms with van der Waals surface area (Å²) in [6.07, 6.45) is 37.0. The number of ether oxygens (including phenoxy) is 1. The van der Waals surface area contributed by atoms with E-state index in [9.17, 15) is 9.59 Å². The van der Waals surface area contributed by atoms with Crippen molar-refractivity contribution < 1.29 is 24.5 Å². The number of carboxylic acids is 1. The van der Waals surface area contributed by atoms with Crippen molar-refractivity contribution in [2.45, 2.75) is 226 Å². The second kappa shape index (κ2) is 38.9. The molecular weight excluding hydrogens is 536 g/mol. The van der Waals surface area contributed by atoms with Gasteiger partial charge in [-0.15, -0.1) is 0 Å². The molecule has 0 bridgehead atoms. The average Bonchev–Trinajstić information content (AvgIpc) is 3.00. The third kappa shape index (κ3) is 40.9. The molecule has 5 nitrogen and oxygen atoms in total. The molecule has 0 aromatic rings. The molecular formula is C38H76O5. The molecule has 0 saturated carbocycles. The van der Waals surface area contributed by atoms with Crippen LogP contribution in [0.5, 0.6) is 0 Å². The van der Waals surface area contributed by atoms with Crippen molar-refractivity contribution in [3.05, 3.63) is 0 Å². The van der Waals surface area contributed by atoms with Gasteiger partial charge in [-0.3, -0.25) is 4.79 Å². The molecule has 0 radical (unpaired) electrons. The minimum atomic E-state index is -1.16. The Morgan fingerprint density at radius 2 is 0.767 bits per heavy atom. The average molecular weight is 613 g/mol. The van der Waals surface area contributed by atoms with Crippen molar-refractivity contribution >= 4 is 11.9 Å². The molecule has 0 aromatic heterocycles.